The van der Waals surface area contributed by atoms with Crippen LogP contribution in [0.5, 0.6) is 0 Å². The number of nitro benzene ring substituents is 1. The van der Waals surface area contributed by atoms with Crippen LogP contribution in [0, 0.1) is 10.1 Å². The molecule has 2 aromatic rings. The Bertz CT molecular complexity index is 851. The zero-order chi connectivity index (χ0) is 19.1. The number of nitrogens with zero attached hydrogens (tertiary/aromatic N) is 1. The molecular formula is C17H15N3O6. The SMILES string of the molecule is COC(=O)c1cc(C(=O)NNC(=O)Cc2ccccc2)cc([N+](=O)[O-])c1. The van der Waals surface area contributed by atoms with Crippen molar-refractivity contribution in [2.45, 2.75) is 6.42 Å². The minimum Gasteiger partial charge on any atom is -0.465 e. The molecule has 2 rings (SSSR count). The monoisotopic (exact) mass is 357 g/mol. The Hall–Kier alpha value is -3.75. The van der Waals surface area contributed by atoms with E-state index in [1.54, 1.807) is 24.3 Å². The maximum absolute atomic E-state index is 12.1. The van der Waals surface area contributed by atoms with E-state index < -0.39 is 28.4 Å². The number of hydrogen-bond donors (Lipinski definition) is 2. The maximum Gasteiger partial charge on any atom is 0.338 e. The van der Waals surface area contributed by atoms with Crippen LogP contribution in [-0.2, 0) is 16.0 Å². The first-order chi connectivity index (χ1) is 12.4. The van der Waals surface area contributed by atoms with Crippen LogP contribution in [0.3, 0.4) is 0 Å². The molecule has 0 saturated carbocycles. The average Bonchev–Trinajstić information content (AvgIpc) is 2.65. The molecular weight excluding hydrogens is 342 g/mol. The number of ether oxygens (including phenoxy) is 1. The Kier molecular flexibility index (Phi) is 5.99. The molecule has 0 bridgehead atoms. The van der Waals surface area contributed by atoms with Gasteiger partial charge in [-0.15, -0.1) is 0 Å². The number of hydrogen-bond acceptors (Lipinski definition) is 6. The van der Waals surface area contributed by atoms with Crippen LogP contribution < -0.4 is 10.9 Å². The van der Waals surface area contributed by atoms with Crippen LogP contribution in [-0.4, -0.2) is 29.8 Å². The summed E-state index contributed by atoms with van der Waals surface area (Å²) in [6, 6.07) is 12.0. The molecule has 0 saturated heterocycles. The molecule has 9 heteroatoms. The molecule has 0 fully saturated rings. The van der Waals surface area contributed by atoms with Gasteiger partial charge in [0.25, 0.3) is 11.6 Å². The van der Waals surface area contributed by atoms with Crippen LogP contribution in [0.2, 0.25) is 0 Å². The van der Waals surface area contributed by atoms with E-state index in [-0.39, 0.29) is 17.5 Å². The Balaban J connectivity index is 2.08. The summed E-state index contributed by atoms with van der Waals surface area (Å²) in [6.45, 7) is 0. The van der Waals surface area contributed by atoms with Crippen molar-refractivity contribution in [2.75, 3.05) is 7.11 Å². The maximum atomic E-state index is 12.1. The first kappa shape index (κ1) is 18.6. The molecule has 0 radical (unpaired) electrons. The quantitative estimate of drug-likeness (QED) is 0.473. The molecule has 26 heavy (non-hydrogen) atoms. The summed E-state index contributed by atoms with van der Waals surface area (Å²) < 4.78 is 4.51. The van der Waals surface area contributed by atoms with Gasteiger partial charge in [0.15, 0.2) is 0 Å². The minimum atomic E-state index is -0.823. The van der Waals surface area contributed by atoms with Crippen molar-refractivity contribution in [1.29, 1.82) is 0 Å². The molecule has 0 atom stereocenters. The summed E-state index contributed by atoms with van der Waals surface area (Å²) in [4.78, 5) is 45.8. The number of carbonyl (C=O) groups is 3. The summed E-state index contributed by atoms with van der Waals surface area (Å²) in [7, 11) is 1.12. The van der Waals surface area contributed by atoms with Gasteiger partial charge in [0.1, 0.15) is 0 Å². The third-order valence-corrected chi connectivity index (χ3v) is 3.33. The molecule has 2 aromatic carbocycles. The molecule has 0 aliphatic heterocycles. The van der Waals surface area contributed by atoms with Crippen molar-refractivity contribution in [3.63, 3.8) is 0 Å². The molecule has 0 aliphatic rings. The third kappa shape index (κ3) is 4.87. The zero-order valence-electron chi connectivity index (χ0n) is 13.7. The highest BCUT2D eigenvalue weighted by Crippen LogP contribution is 2.18. The summed E-state index contributed by atoms with van der Waals surface area (Å²) in [5.74, 6) is -2.10. The lowest BCUT2D eigenvalue weighted by atomic mass is 10.1. The number of amides is 2. The Morgan fingerprint density at radius 2 is 1.69 bits per heavy atom. The highest BCUT2D eigenvalue weighted by Gasteiger charge is 2.18. The number of methoxy groups -OCH3 is 1. The van der Waals surface area contributed by atoms with Crippen molar-refractivity contribution in [3.8, 4) is 0 Å². The van der Waals surface area contributed by atoms with E-state index in [1.165, 1.54) is 0 Å². The van der Waals surface area contributed by atoms with E-state index in [0.29, 0.717) is 0 Å². The third-order valence-electron chi connectivity index (χ3n) is 3.33. The van der Waals surface area contributed by atoms with Gasteiger partial charge >= 0.3 is 5.97 Å². The van der Waals surface area contributed by atoms with Crippen molar-refractivity contribution < 1.29 is 24.0 Å². The molecule has 0 aliphatic carbocycles. The lowest BCUT2D eigenvalue weighted by Crippen LogP contribution is -2.42. The summed E-state index contributed by atoms with van der Waals surface area (Å²) in [5, 5.41) is 11.0. The zero-order valence-corrected chi connectivity index (χ0v) is 13.7. The standard InChI is InChI=1S/C17H15N3O6/c1-26-17(23)13-8-12(9-14(10-13)20(24)25)16(22)19-18-15(21)7-11-5-3-2-4-6-11/h2-6,8-10H,7H2,1H3,(H,18,21)(H,19,22). The number of esters is 1. The molecule has 9 nitrogen and oxygen atoms in total. The lowest BCUT2D eigenvalue weighted by Gasteiger charge is -2.08. The van der Waals surface area contributed by atoms with Crippen LogP contribution in [0.1, 0.15) is 26.3 Å². The average molecular weight is 357 g/mol. The highest BCUT2D eigenvalue weighted by molar-refractivity contribution is 5.99. The van der Waals surface area contributed by atoms with E-state index in [4.69, 9.17) is 0 Å². The Morgan fingerprint density at radius 1 is 1.04 bits per heavy atom. The number of carbonyl (C=O) groups excluding carboxylic acids is 3. The largest absolute Gasteiger partial charge is 0.465 e. The normalized spacial score (nSPS) is 9.88. The minimum absolute atomic E-state index is 0.0451. The molecule has 134 valence electrons. The van der Waals surface area contributed by atoms with Crippen molar-refractivity contribution in [3.05, 3.63) is 75.3 Å². The molecule has 0 heterocycles. The van der Waals surface area contributed by atoms with Gasteiger partial charge in [-0.1, -0.05) is 30.3 Å². The molecule has 2 amide bonds. The van der Waals surface area contributed by atoms with Gasteiger partial charge in [-0.25, -0.2) is 4.79 Å². The number of nitro groups is 1. The number of hydrazine groups is 1. The second-order valence-electron chi connectivity index (χ2n) is 5.18. The summed E-state index contributed by atoms with van der Waals surface area (Å²) in [6.07, 6.45) is 0.0451. The van der Waals surface area contributed by atoms with Gasteiger partial charge < -0.3 is 4.74 Å². The van der Waals surface area contributed by atoms with Crippen molar-refractivity contribution in [2.24, 2.45) is 0 Å². The number of nitrogens with one attached hydrogen (secondary N) is 2. The van der Waals surface area contributed by atoms with E-state index in [2.05, 4.69) is 15.6 Å². The molecule has 0 spiro atoms. The predicted octanol–water partition coefficient (Wildman–Crippen LogP) is 1.39. The van der Waals surface area contributed by atoms with Gasteiger partial charge in [0.2, 0.25) is 5.91 Å². The lowest BCUT2D eigenvalue weighted by molar-refractivity contribution is -0.384. The smallest absolute Gasteiger partial charge is 0.338 e. The molecule has 0 aromatic heterocycles. The van der Waals surface area contributed by atoms with Gasteiger partial charge in [-0.05, 0) is 11.6 Å². The fourth-order valence-corrected chi connectivity index (χ4v) is 2.11. The number of non-ortho nitro benzene ring substituents is 1. The van der Waals surface area contributed by atoms with Gasteiger partial charge in [-0.3, -0.25) is 30.6 Å². The summed E-state index contributed by atoms with van der Waals surface area (Å²) >= 11 is 0. The van der Waals surface area contributed by atoms with Crippen LogP contribution in [0.15, 0.2) is 48.5 Å². The first-order valence-electron chi connectivity index (χ1n) is 7.41. The number of benzene rings is 2. The highest BCUT2D eigenvalue weighted by atomic mass is 16.6. The van der Waals surface area contributed by atoms with E-state index in [1.807, 2.05) is 6.07 Å². The molecule has 2 N–H and O–H groups in total. The Labute approximate surface area is 148 Å². The van der Waals surface area contributed by atoms with E-state index >= 15 is 0 Å². The fourth-order valence-electron chi connectivity index (χ4n) is 2.11. The fraction of sp³-hybridized carbons (Fsp3) is 0.118. The van der Waals surface area contributed by atoms with Crippen LogP contribution in [0.4, 0.5) is 5.69 Å². The topological polar surface area (TPSA) is 128 Å². The van der Waals surface area contributed by atoms with Crippen LogP contribution in [0.25, 0.3) is 0 Å². The molecule has 0 unspecified atom stereocenters. The second-order valence-corrected chi connectivity index (χ2v) is 5.18. The van der Waals surface area contributed by atoms with Crippen molar-refractivity contribution in [1.82, 2.24) is 10.9 Å². The van der Waals surface area contributed by atoms with Gasteiger partial charge in [-0.2, -0.15) is 0 Å². The van der Waals surface area contributed by atoms with Gasteiger partial charge in [0.05, 0.1) is 24.0 Å². The second kappa shape index (κ2) is 8.38. The Morgan fingerprint density at radius 3 is 2.31 bits per heavy atom. The predicted molar refractivity (Wildman–Crippen MR) is 90.2 cm³/mol. The van der Waals surface area contributed by atoms with Crippen LogP contribution >= 0.6 is 0 Å². The first-order valence-corrected chi connectivity index (χ1v) is 7.41. The van der Waals surface area contributed by atoms with Crippen molar-refractivity contribution >= 4 is 23.5 Å². The van der Waals surface area contributed by atoms with E-state index in [9.17, 15) is 24.5 Å². The summed E-state index contributed by atoms with van der Waals surface area (Å²) in [5.41, 5.74) is 4.36. The number of rotatable bonds is 5. The van der Waals surface area contributed by atoms with Gasteiger partial charge in [0, 0.05) is 17.7 Å². The van der Waals surface area contributed by atoms with E-state index in [0.717, 1.165) is 30.9 Å².